The summed E-state index contributed by atoms with van der Waals surface area (Å²) in [6, 6.07) is 0. The van der Waals surface area contributed by atoms with Gasteiger partial charge in [0.05, 0.1) is 0 Å². The molecule has 0 aromatic carbocycles. The van der Waals surface area contributed by atoms with E-state index >= 15 is 0 Å². The van der Waals surface area contributed by atoms with Crippen LogP contribution in [-0.2, 0) is 25.8 Å². The van der Waals surface area contributed by atoms with E-state index in [0.717, 1.165) is 58.3 Å². The molecule has 0 radical (unpaired) electrons. The van der Waals surface area contributed by atoms with Crippen molar-refractivity contribution in [3.63, 3.8) is 0 Å². The van der Waals surface area contributed by atoms with Crippen LogP contribution in [0.4, 0.5) is 0 Å². The van der Waals surface area contributed by atoms with Gasteiger partial charge in [0.25, 0.3) is 0 Å². The molecule has 0 saturated heterocycles. The van der Waals surface area contributed by atoms with Crippen molar-refractivity contribution in [3.8, 4) is 0 Å². The predicted octanol–water partition coefficient (Wildman–Crippen LogP) is 6.45. The maximum atomic E-state index is 4.16. The molecule has 1 aliphatic rings. The van der Waals surface area contributed by atoms with Crippen LogP contribution in [0.15, 0.2) is 43.5 Å². The van der Waals surface area contributed by atoms with Crippen molar-refractivity contribution in [1.29, 1.82) is 0 Å². The third kappa shape index (κ3) is 39.0. The normalized spacial score (nSPS) is 10.2. The third-order valence-corrected chi connectivity index (χ3v) is 2.48. The molecule has 0 aromatic rings. The van der Waals surface area contributed by atoms with Gasteiger partial charge in [-0.05, 0) is 12.8 Å². The molecule has 0 fully saturated rings. The van der Waals surface area contributed by atoms with Gasteiger partial charge in [0.2, 0.25) is 0 Å². The van der Waals surface area contributed by atoms with Crippen LogP contribution in [0.3, 0.4) is 0 Å². The van der Waals surface area contributed by atoms with Crippen LogP contribution in [0.2, 0.25) is 0 Å². The van der Waals surface area contributed by atoms with Crippen molar-refractivity contribution in [2.45, 2.75) is 46.0 Å². The second-order valence-corrected chi connectivity index (χ2v) is 4.39. The van der Waals surface area contributed by atoms with Crippen molar-refractivity contribution in [2.24, 2.45) is 0 Å². The monoisotopic (exact) mass is 484 g/mol. The zero-order valence-corrected chi connectivity index (χ0v) is 19.2. The fraction of sp³-hybridized carbons (Fsp3) is 0.550. The molecule has 130 valence electrons. The standard InChI is InChI=1S/2C7H14N.C5H5.CH3.Hf/c2*1-3-5-6-7-8-4-2;1-2-4-5-3-1;;/h2*3H,1,4-7H2,2H3;1-3H,4H2;1H3;/q4*-1;+4. The Morgan fingerprint density at radius 3 is 1.70 bits per heavy atom. The summed E-state index contributed by atoms with van der Waals surface area (Å²) in [5.41, 5.74) is 0. The van der Waals surface area contributed by atoms with Gasteiger partial charge in [-0.3, -0.25) is 6.08 Å². The minimum absolute atomic E-state index is 0. The van der Waals surface area contributed by atoms with Gasteiger partial charge in [-0.2, -0.15) is 19.2 Å². The third-order valence-electron chi connectivity index (χ3n) is 2.48. The van der Waals surface area contributed by atoms with Crippen LogP contribution >= 0.6 is 0 Å². The Bertz CT molecular complexity index is 234. The second kappa shape index (κ2) is 33.4. The second-order valence-electron chi connectivity index (χ2n) is 4.39. The molecular weight excluding hydrogens is 447 g/mol. The molecule has 0 bridgehead atoms. The molecule has 0 amide bonds. The first-order valence-corrected chi connectivity index (χ1v) is 8.03. The molecule has 0 spiro atoms. The van der Waals surface area contributed by atoms with E-state index in [4.69, 9.17) is 0 Å². The van der Waals surface area contributed by atoms with E-state index in [1.54, 1.807) is 0 Å². The number of hydrogen-bond donors (Lipinski definition) is 0. The molecule has 0 aromatic heterocycles. The fourth-order valence-corrected chi connectivity index (χ4v) is 1.35. The average Bonchev–Trinajstić information content (AvgIpc) is 3.09. The number of nitrogens with zero attached hydrogens (tertiary/aromatic N) is 2. The van der Waals surface area contributed by atoms with Crippen LogP contribution < -0.4 is 0 Å². The molecule has 3 heteroatoms. The molecule has 2 nitrogen and oxygen atoms in total. The summed E-state index contributed by atoms with van der Waals surface area (Å²) < 4.78 is 0. The van der Waals surface area contributed by atoms with Crippen molar-refractivity contribution in [2.75, 3.05) is 26.2 Å². The van der Waals surface area contributed by atoms with Gasteiger partial charge in [-0.15, -0.1) is 32.7 Å². The summed E-state index contributed by atoms with van der Waals surface area (Å²) in [7, 11) is 0. The van der Waals surface area contributed by atoms with E-state index in [0.29, 0.717) is 0 Å². The molecular formula is C20H36HfN2. The van der Waals surface area contributed by atoms with Crippen molar-refractivity contribution >= 4 is 0 Å². The van der Waals surface area contributed by atoms with Crippen LogP contribution in [0.25, 0.3) is 10.6 Å². The zero-order chi connectivity index (χ0) is 16.0. The summed E-state index contributed by atoms with van der Waals surface area (Å²) >= 11 is 0. The average molecular weight is 483 g/mol. The van der Waals surface area contributed by atoms with E-state index in [2.05, 4.69) is 49.8 Å². The first-order valence-electron chi connectivity index (χ1n) is 8.03. The van der Waals surface area contributed by atoms with Gasteiger partial charge in [0.1, 0.15) is 0 Å². The first-order chi connectivity index (χ1) is 10.3. The van der Waals surface area contributed by atoms with Crippen LogP contribution in [-0.4, -0.2) is 26.2 Å². The smallest absolute Gasteiger partial charge is 0.662 e. The molecule has 1 aliphatic carbocycles. The Morgan fingerprint density at radius 2 is 1.48 bits per heavy atom. The maximum Gasteiger partial charge on any atom is 4.00 e. The van der Waals surface area contributed by atoms with Crippen molar-refractivity contribution in [3.05, 3.63) is 67.7 Å². The molecule has 23 heavy (non-hydrogen) atoms. The van der Waals surface area contributed by atoms with E-state index in [1.807, 2.05) is 24.3 Å². The van der Waals surface area contributed by atoms with Crippen LogP contribution in [0.5, 0.6) is 0 Å². The topological polar surface area (TPSA) is 28.2 Å². The Morgan fingerprint density at radius 1 is 1.00 bits per heavy atom. The van der Waals surface area contributed by atoms with E-state index in [1.165, 1.54) is 0 Å². The minimum atomic E-state index is 0. The molecule has 1 rings (SSSR count). The Labute approximate surface area is 165 Å². The Hall–Kier alpha value is -0.250. The SMILES string of the molecule is C=CCCC[N-]CC.C=CCCC[N-]CC.[C-]1=CC=CC1.[CH3-].[Hf+4]. The van der Waals surface area contributed by atoms with Gasteiger partial charge in [0, 0.05) is 0 Å². The van der Waals surface area contributed by atoms with E-state index in [9.17, 15) is 0 Å². The first kappa shape index (κ1) is 30.6. The van der Waals surface area contributed by atoms with E-state index < -0.39 is 0 Å². The molecule has 0 atom stereocenters. The summed E-state index contributed by atoms with van der Waals surface area (Å²) in [6.45, 7) is 15.3. The summed E-state index contributed by atoms with van der Waals surface area (Å²) in [6.07, 6.45) is 18.4. The van der Waals surface area contributed by atoms with Gasteiger partial charge in [0.15, 0.2) is 0 Å². The summed E-state index contributed by atoms with van der Waals surface area (Å²) in [5.74, 6) is 0. The van der Waals surface area contributed by atoms with E-state index in [-0.39, 0.29) is 33.3 Å². The predicted molar refractivity (Wildman–Crippen MR) is 104 cm³/mol. The van der Waals surface area contributed by atoms with Gasteiger partial charge in [-0.1, -0.05) is 38.8 Å². The number of allylic oxidation sites excluding steroid dienone is 6. The molecule has 0 aliphatic heterocycles. The Kier molecular flexibility index (Phi) is 44.4. The molecule has 0 heterocycles. The van der Waals surface area contributed by atoms with Crippen LogP contribution in [0.1, 0.15) is 46.0 Å². The van der Waals surface area contributed by atoms with Gasteiger partial charge in [-0.25, -0.2) is 12.2 Å². The quantitative estimate of drug-likeness (QED) is 0.148. The minimum Gasteiger partial charge on any atom is -0.662 e. The van der Waals surface area contributed by atoms with Crippen molar-refractivity contribution in [1.82, 2.24) is 0 Å². The summed E-state index contributed by atoms with van der Waals surface area (Å²) in [4.78, 5) is 0. The number of hydrogen-bond acceptors (Lipinski definition) is 0. The largest absolute Gasteiger partial charge is 4.00 e. The zero-order valence-electron chi connectivity index (χ0n) is 15.6. The van der Waals surface area contributed by atoms with Crippen LogP contribution in [0, 0.1) is 13.5 Å². The molecule has 0 unspecified atom stereocenters. The number of rotatable bonds is 10. The van der Waals surface area contributed by atoms with Gasteiger partial charge < -0.3 is 18.1 Å². The number of unbranched alkanes of at least 4 members (excludes halogenated alkanes) is 2. The molecule has 0 saturated carbocycles. The Balaban J connectivity index is -0.000000115. The summed E-state index contributed by atoms with van der Waals surface area (Å²) in [5, 5.41) is 8.32. The van der Waals surface area contributed by atoms with Gasteiger partial charge >= 0.3 is 25.8 Å². The van der Waals surface area contributed by atoms with Crippen molar-refractivity contribution < 1.29 is 25.8 Å². The fourth-order valence-electron chi connectivity index (χ4n) is 1.35. The maximum absolute atomic E-state index is 4.16. The molecule has 0 N–H and O–H groups in total.